The topological polar surface area (TPSA) is 40.5 Å². The Bertz CT molecular complexity index is 496. The van der Waals surface area contributed by atoms with Gasteiger partial charge in [-0.15, -0.1) is 0 Å². The van der Waals surface area contributed by atoms with E-state index in [0.717, 1.165) is 18.6 Å². The van der Waals surface area contributed by atoms with Gasteiger partial charge in [0, 0.05) is 19.7 Å². The number of aliphatic hydroxyl groups excluding tert-OH is 1. The molecule has 0 spiro atoms. The third kappa shape index (κ3) is 3.04. The summed E-state index contributed by atoms with van der Waals surface area (Å²) in [6.07, 6.45) is 1.38. The van der Waals surface area contributed by atoms with E-state index in [1.165, 1.54) is 4.90 Å². The van der Waals surface area contributed by atoms with Crippen LogP contribution in [0.2, 0.25) is 5.02 Å². The van der Waals surface area contributed by atoms with Crippen molar-refractivity contribution in [2.24, 2.45) is 5.92 Å². The Kier molecular flexibility index (Phi) is 4.37. The number of aliphatic hydroxyl groups is 1. The molecule has 1 heterocycles. The zero-order valence-electron chi connectivity index (χ0n) is 10.2. The van der Waals surface area contributed by atoms with Gasteiger partial charge in [-0.2, -0.15) is 0 Å². The summed E-state index contributed by atoms with van der Waals surface area (Å²) in [5, 5.41) is 8.51. The summed E-state index contributed by atoms with van der Waals surface area (Å²) < 4.78 is 26.9. The molecule has 1 saturated heterocycles. The fourth-order valence-electron chi connectivity index (χ4n) is 2.29. The first-order chi connectivity index (χ1) is 9.02. The molecule has 1 fully saturated rings. The predicted octanol–water partition coefficient (Wildman–Crippen LogP) is 2.46. The molecule has 0 aromatic heterocycles. The lowest BCUT2D eigenvalue weighted by Gasteiger charge is -2.17. The molecule has 1 aromatic carbocycles. The minimum atomic E-state index is -0.818. The van der Waals surface area contributed by atoms with Crippen molar-refractivity contribution in [2.45, 2.75) is 12.8 Å². The molecular weight excluding hydrogens is 276 g/mol. The van der Waals surface area contributed by atoms with Crippen molar-refractivity contribution in [3.63, 3.8) is 0 Å². The first-order valence-corrected chi connectivity index (χ1v) is 6.45. The third-order valence-electron chi connectivity index (χ3n) is 3.35. The van der Waals surface area contributed by atoms with Gasteiger partial charge >= 0.3 is 0 Å². The Hall–Kier alpha value is -1.20. The predicted molar refractivity (Wildman–Crippen MR) is 67.1 cm³/mol. The highest BCUT2D eigenvalue weighted by Crippen LogP contribution is 2.24. The molecule has 0 saturated carbocycles. The summed E-state index contributed by atoms with van der Waals surface area (Å²) in [7, 11) is 0. The molecule has 6 heteroatoms. The molecule has 1 N–H and O–H groups in total. The van der Waals surface area contributed by atoms with Crippen LogP contribution >= 0.6 is 11.6 Å². The van der Waals surface area contributed by atoms with Crippen LogP contribution in [0.5, 0.6) is 0 Å². The van der Waals surface area contributed by atoms with E-state index in [9.17, 15) is 13.6 Å². The van der Waals surface area contributed by atoms with Crippen LogP contribution in [0.25, 0.3) is 0 Å². The van der Waals surface area contributed by atoms with Crippen molar-refractivity contribution in [3.05, 3.63) is 34.4 Å². The Morgan fingerprint density at radius 1 is 1.42 bits per heavy atom. The number of benzene rings is 1. The number of carbonyl (C=O) groups excluding carboxylic acids is 1. The van der Waals surface area contributed by atoms with Gasteiger partial charge < -0.3 is 10.0 Å². The molecule has 19 heavy (non-hydrogen) atoms. The highest BCUT2D eigenvalue weighted by Gasteiger charge is 2.28. The molecule has 0 aliphatic carbocycles. The van der Waals surface area contributed by atoms with E-state index in [1.807, 2.05) is 0 Å². The molecular formula is C13H14ClF2NO2. The Labute approximate surface area is 114 Å². The smallest absolute Gasteiger partial charge is 0.256 e. The maximum atomic E-state index is 13.6. The molecule has 1 aliphatic heterocycles. The molecule has 1 aromatic rings. The molecule has 3 nitrogen and oxygen atoms in total. The van der Waals surface area contributed by atoms with Gasteiger partial charge in [-0.1, -0.05) is 11.6 Å². The summed E-state index contributed by atoms with van der Waals surface area (Å²) in [5.41, 5.74) is -0.299. The number of hydrogen-bond donors (Lipinski definition) is 1. The van der Waals surface area contributed by atoms with Crippen LogP contribution in [0.1, 0.15) is 23.2 Å². The van der Waals surface area contributed by atoms with Gasteiger partial charge in [-0.3, -0.25) is 4.79 Å². The average Bonchev–Trinajstić information content (AvgIpc) is 2.82. The molecule has 1 unspecified atom stereocenters. The van der Waals surface area contributed by atoms with Crippen LogP contribution in [-0.2, 0) is 0 Å². The average molecular weight is 290 g/mol. The Morgan fingerprint density at radius 2 is 2.16 bits per heavy atom. The van der Waals surface area contributed by atoms with Crippen LogP contribution in [-0.4, -0.2) is 35.6 Å². The Morgan fingerprint density at radius 3 is 2.84 bits per heavy atom. The monoisotopic (exact) mass is 289 g/mol. The number of rotatable bonds is 3. The minimum absolute atomic E-state index is 0.0661. The van der Waals surface area contributed by atoms with Gasteiger partial charge in [0.25, 0.3) is 5.91 Å². The van der Waals surface area contributed by atoms with Gasteiger partial charge in [-0.05, 0) is 30.9 Å². The summed E-state index contributed by atoms with van der Waals surface area (Å²) in [6.45, 7) is 1.02. The second kappa shape index (κ2) is 5.84. The van der Waals surface area contributed by atoms with E-state index < -0.39 is 17.5 Å². The van der Waals surface area contributed by atoms with E-state index in [2.05, 4.69) is 0 Å². The maximum Gasteiger partial charge on any atom is 0.256 e. The molecule has 2 rings (SSSR count). The van der Waals surface area contributed by atoms with Gasteiger partial charge in [0.1, 0.15) is 11.6 Å². The van der Waals surface area contributed by atoms with Crippen molar-refractivity contribution in [3.8, 4) is 0 Å². The number of likely N-dealkylation sites (tertiary alicyclic amines) is 1. The first kappa shape index (κ1) is 14.2. The number of carbonyl (C=O) groups is 1. The van der Waals surface area contributed by atoms with Crippen LogP contribution in [0.3, 0.4) is 0 Å². The van der Waals surface area contributed by atoms with Crippen molar-refractivity contribution in [2.75, 3.05) is 19.7 Å². The normalized spacial score (nSPS) is 18.9. The zero-order chi connectivity index (χ0) is 14.0. The van der Waals surface area contributed by atoms with Crippen LogP contribution < -0.4 is 0 Å². The summed E-state index contributed by atoms with van der Waals surface area (Å²) in [4.78, 5) is 13.6. The van der Waals surface area contributed by atoms with Gasteiger partial charge in [0.15, 0.2) is 0 Å². The molecule has 0 radical (unpaired) electrons. The largest absolute Gasteiger partial charge is 0.396 e. The standard InChI is InChI=1S/C13H14ClF2NO2/c14-10-6-11(15)9(5-12(10)16)13(19)17-3-1-8(7-17)2-4-18/h5-6,8,18H,1-4,7H2. The van der Waals surface area contributed by atoms with E-state index >= 15 is 0 Å². The van der Waals surface area contributed by atoms with E-state index in [0.29, 0.717) is 19.5 Å². The molecule has 104 valence electrons. The van der Waals surface area contributed by atoms with Crippen molar-refractivity contribution in [1.29, 1.82) is 0 Å². The molecule has 0 bridgehead atoms. The van der Waals surface area contributed by atoms with Crippen molar-refractivity contribution >= 4 is 17.5 Å². The fraction of sp³-hybridized carbons (Fsp3) is 0.462. The number of hydrogen-bond acceptors (Lipinski definition) is 2. The third-order valence-corrected chi connectivity index (χ3v) is 3.64. The minimum Gasteiger partial charge on any atom is -0.396 e. The van der Waals surface area contributed by atoms with E-state index in [-0.39, 0.29) is 23.1 Å². The van der Waals surface area contributed by atoms with Gasteiger partial charge in [0.2, 0.25) is 0 Å². The maximum absolute atomic E-state index is 13.6. The zero-order valence-corrected chi connectivity index (χ0v) is 11.0. The number of nitrogens with zero attached hydrogens (tertiary/aromatic N) is 1. The van der Waals surface area contributed by atoms with E-state index in [4.69, 9.17) is 16.7 Å². The molecule has 1 atom stereocenters. The Balaban J connectivity index is 2.15. The molecule has 1 amide bonds. The summed E-state index contributed by atoms with van der Waals surface area (Å²) in [6, 6.07) is 1.64. The van der Waals surface area contributed by atoms with Crippen molar-refractivity contribution in [1.82, 2.24) is 4.90 Å². The SMILES string of the molecule is O=C(c1cc(F)c(Cl)cc1F)N1CCC(CCO)C1. The van der Waals surface area contributed by atoms with Crippen LogP contribution in [0, 0.1) is 17.6 Å². The quantitative estimate of drug-likeness (QED) is 0.869. The summed E-state index contributed by atoms with van der Waals surface area (Å²) >= 11 is 5.45. The highest BCUT2D eigenvalue weighted by atomic mass is 35.5. The van der Waals surface area contributed by atoms with E-state index in [1.54, 1.807) is 0 Å². The second-order valence-electron chi connectivity index (χ2n) is 4.66. The highest BCUT2D eigenvalue weighted by molar-refractivity contribution is 6.30. The van der Waals surface area contributed by atoms with Gasteiger partial charge in [0.05, 0.1) is 10.6 Å². The number of halogens is 3. The second-order valence-corrected chi connectivity index (χ2v) is 5.07. The van der Waals surface area contributed by atoms with Crippen LogP contribution in [0.15, 0.2) is 12.1 Å². The lowest BCUT2D eigenvalue weighted by Crippen LogP contribution is -2.29. The van der Waals surface area contributed by atoms with Gasteiger partial charge in [-0.25, -0.2) is 8.78 Å². The lowest BCUT2D eigenvalue weighted by molar-refractivity contribution is 0.0779. The lowest BCUT2D eigenvalue weighted by atomic mass is 10.1. The first-order valence-electron chi connectivity index (χ1n) is 6.07. The molecule has 1 aliphatic rings. The fourth-order valence-corrected chi connectivity index (χ4v) is 2.44. The summed E-state index contributed by atoms with van der Waals surface area (Å²) in [5.74, 6) is -1.94. The number of amides is 1. The van der Waals surface area contributed by atoms with Crippen molar-refractivity contribution < 1.29 is 18.7 Å². The van der Waals surface area contributed by atoms with Crippen LogP contribution in [0.4, 0.5) is 8.78 Å².